The summed E-state index contributed by atoms with van der Waals surface area (Å²) >= 11 is 0. The highest BCUT2D eigenvalue weighted by atomic mass is 16.2. The van der Waals surface area contributed by atoms with Gasteiger partial charge in [0.2, 0.25) is 5.91 Å². The van der Waals surface area contributed by atoms with Gasteiger partial charge in [0.1, 0.15) is 0 Å². The molecule has 2 rings (SSSR count). The van der Waals surface area contributed by atoms with Crippen LogP contribution in [0.4, 0.5) is 0 Å². The van der Waals surface area contributed by atoms with Crippen molar-refractivity contribution in [3.63, 3.8) is 0 Å². The third kappa shape index (κ3) is 9.09. The predicted octanol–water partition coefficient (Wildman–Crippen LogP) is 8.78. The molecule has 0 radical (unpaired) electrons. The molecule has 0 aliphatic heterocycles. The predicted molar refractivity (Wildman–Crippen MR) is 135 cm³/mol. The normalized spacial score (nSPS) is 30.2. The molecule has 2 aliphatic carbocycles. The summed E-state index contributed by atoms with van der Waals surface area (Å²) in [5.74, 6) is 1.91. The summed E-state index contributed by atoms with van der Waals surface area (Å²) in [5, 5.41) is 0. The molecule has 0 aromatic carbocycles. The van der Waals surface area contributed by atoms with Crippen molar-refractivity contribution in [3.8, 4) is 0 Å². The van der Waals surface area contributed by atoms with Crippen LogP contribution in [0.5, 0.6) is 0 Å². The Labute approximate surface area is 195 Å². The molecule has 1 amide bonds. The van der Waals surface area contributed by atoms with E-state index in [1.165, 1.54) is 83.5 Å². The molecular weight excluding hydrogens is 378 g/mol. The van der Waals surface area contributed by atoms with E-state index in [4.69, 9.17) is 0 Å². The molecule has 2 saturated carbocycles. The van der Waals surface area contributed by atoms with Crippen molar-refractivity contribution in [2.45, 2.75) is 157 Å². The summed E-state index contributed by atoms with van der Waals surface area (Å²) in [6.45, 7) is 16.8. The van der Waals surface area contributed by atoms with Gasteiger partial charge in [-0.1, -0.05) is 93.4 Å². The molecule has 182 valence electrons. The largest absolute Gasteiger partial charge is 0.337 e. The van der Waals surface area contributed by atoms with Gasteiger partial charge in [-0.15, -0.1) is 0 Å². The molecule has 0 aromatic rings. The molecule has 0 aromatic heterocycles. The molecule has 2 fully saturated rings. The van der Waals surface area contributed by atoms with Gasteiger partial charge in [-0.25, -0.2) is 0 Å². The fourth-order valence-electron chi connectivity index (χ4n) is 7.26. The van der Waals surface area contributed by atoms with E-state index in [2.05, 4.69) is 53.4 Å². The molecule has 31 heavy (non-hydrogen) atoms. The van der Waals surface area contributed by atoms with Crippen LogP contribution in [0, 0.1) is 22.7 Å². The molecule has 4 atom stereocenters. The molecule has 2 nitrogen and oxygen atoms in total. The van der Waals surface area contributed by atoms with E-state index in [1.54, 1.807) is 0 Å². The van der Waals surface area contributed by atoms with Gasteiger partial charge >= 0.3 is 0 Å². The molecule has 4 unspecified atom stereocenters. The minimum Gasteiger partial charge on any atom is -0.337 e. The average Bonchev–Trinajstić information content (AvgIpc) is 2.60. The van der Waals surface area contributed by atoms with Gasteiger partial charge in [0.05, 0.1) is 0 Å². The van der Waals surface area contributed by atoms with Gasteiger partial charge in [-0.2, -0.15) is 0 Å². The smallest absolute Gasteiger partial charge is 0.223 e. The minimum atomic E-state index is 0.356. The summed E-state index contributed by atoms with van der Waals surface area (Å²) in [5.41, 5.74) is 0.713. The lowest BCUT2D eigenvalue weighted by Crippen LogP contribution is -2.54. The zero-order valence-electron chi connectivity index (χ0n) is 22.3. The average molecular weight is 434 g/mol. The first kappa shape index (κ1) is 26.7. The second-order valence-electron chi connectivity index (χ2n) is 13.2. The summed E-state index contributed by atoms with van der Waals surface area (Å²) in [4.78, 5) is 16.1. The zero-order chi connectivity index (χ0) is 23.1. The van der Waals surface area contributed by atoms with E-state index in [-0.39, 0.29) is 0 Å². The summed E-state index contributed by atoms with van der Waals surface area (Å²) < 4.78 is 0. The fourth-order valence-corrected chi connectivity index (χ4v) is 7.26. The van der Waals surface area contributed by atoms with Crippen LogP contribution in [-0.4, -0.2) is 22.9 Å². The van der Waals surface area contributed by atoms with E-state index in [9.17, 15) is 4.79 Å². The van der Waals surface area contributed by atoms with Crippen molar-refractivity contribution in [2.75, 3.05) is 0 Å². The van der Waals surface area contributed by atoms with Gasteiger partial charge in [-0.05, 0) is 67.6 Å². The molecule has 0 N–H and O–H groups in total. The van der Waals surface area contributed by atoms with Crippen LogP contribution in [0.1, 0.15) is 145 Å². The standard InChI is InChI=1S/C29H55NO/c1-8-9-10-11-12-13-14-15-16-27(31)30(25-17-23(2)19-28(4,5)21-25)26-18-24(3)20-29(6,7)22-26/h23-26H,8-22H2,1-7H3. The zero-order valence-corrected chi connectivity index (χ0v) is 22.3. The first-order valence-electron chi connectivity index (χ1n) is 13.8. The van der Waals surface area contributed by atoms with Crippen LogP contribution in [0.25, 0.3) is 0 Å². The van der Waals surface area contributed by atoms with Gasteiger partial charge in [-0.3, -0.25) is 4.79 Å². The minimum absolute atomic E-state index is 0.356. The van der Waals surface area contributed by atoms with Crippen LogP contribution < -0.4 is 0 Å². The van der Waals surface area contributed by atoms with Crippen molar-refractivity contribution >= 4 is 5.91 Å². The molecule has 2 heteroatoms. The topological polar surface area (TPSA) is 20.3 Å². The third-order valence-corrected chi connectivity index (χ3v) is 8.05. The first-order chi connectivity index (χ1) is 14.5. The van der Waals surface area contributed by atoms with Gasteiger partial charge in [0.15, 0.2) is 0 Å². The highest BCUT2D eigenvalue weighted by molar-refractivity contribution is 5.77. The lowest BCUT2D eigenvalue weighted by atomic mass is 9.67. The molecule has 0 spiro atoms. The molecule has 2 aliphatic rings. The number of rotatable bonds is 11. The number of carbonyl (C=O) groups excluding carboxylic acids is 1. The second kappa shape index (κ2) is 12.1. The Kier molecular flexibility index (Phi) is 10.4. The van der Waals surface area contributed by atoms with E-state index in [1.807, 2.05) is 0 Å². The van der Waals surface area contributed by atoms with Crippen LogP contribution in [-0.2, 0) is 4.79 Å². The summed E-state index contributed by atoms with van der Waals surface area (Å²) in [6, 6.07) is 0.901. The molecular formula is C29H55NO. The summed E-state index contributed by atoms with van der Waals surface area (Å²) in [6.07, 6.45) is 18.6. The van der Waals surface area contributed by atoms with Crippen molar-refractivity contribution in [3.05, 3.63) is 0 Å². The highest BCUT2D eigenvalue weighted by Crippen LogP contribution is 2.45. The van der Waals surface area contributed by atoms with Gasteiger partial charge < -0.3 is 4.90 Å². The number of unbranched alkanes of at least 4 members (excludes halogenated alkanes) is 7. The number of nitrogens with zero attached hydrogens (tertiary/aromatic N) is 1. The Morgan fingerprint density at radius 1 is 0.710 bits per heavy atom. The van der Waals surface area contributed by atoms with Crippen molar-refractivity contribution in [1.82, 2.24) is 4.90 Å². The number of amides is 1. The van der Waals surface area contributed by atoms with Gasteiger partial charge in [0.25, 0.3) is 0 Å². The van der Waals surface area contributed by atoms with E-state index >= 15 is 0 Å². The van der Waals surface area contributed by atoms with Gasteiger partial charge in [0, 0.05) is 18.5 Å². The Morgan fingerprint density at radius 2 is 1.13 bits per heavy atom. The summed E-state index contributed by atoms with van der Waals surface area (Å²) in [7, 11) is 0. The number of carbonyl (C=O) groups is 1. The second-order valence-corrected chi connectivity index (χ2v) is 13.2. The maximum absolute atomic E-state index is 13.7. The Bertz CT molecular complexity index is 505. The van der Waals surface area contributed by atoms with Crippen LogP contribution in [0.2, 0.25) is 0 Å². The Hall–Kier alpha value is -0.530. The number of hydrogen-bond acceptors (Lipinski definition) is 1. The van der Waals surface area contributed by atoms with E-state index < -0.39 is 0 Å². The van der Waals surface area contributed by atoms with Crippen molar-refractivity contribution < 1.29 is 4.79 Å². The quantitative estimate of drug-likeness (QED) is 0.298. The highest BCUT2D eigenvalue weighted by Gasteiger charge is 2.42. The van der Waals surface area contributed by atoms with Crippen molar-refractivity contribution in [2.24, 2.45) is 22.7 Å². The SMILES string of the molecule is CCCCCCCCCCC(=O)N(C1CC(C)CC(C)(C)C1)C1CC(C)CC(C)(C)C1. The van der Waals surface area contributed by atoms with Crippen molar-refractivity contribution in [1.29, 1.82) is 0 Å². The number of hydrogen-bond donors (Lipinski definition) is 0. The van der Waals surface area contributed by atoms with Crippen LogP contribution in [0.3, 0.4) is 0 Å². The van der Waals surface area contributed by atoms with Crippen LogP contribution in [0.15, 0.2) is 0 Å². The maximum atomic E-state index is 13.7. The fraction of sp³-hybridized carbons (Fsp3) is 0.966. The Balaban J connectivity index is 1.99. The molecule has 0 bridgehead atoms. The van der Waals surface area contributed by atoms with Crippen LogP contribution >= 0.6 is 0 Å². The monoisotopic (exact) mass is 433 g/mol. The lowest BCUT2D eigenvalue weighted by molar-refractivity contribution is -0.141. The van der Waals surface area contributed by atoms with E-state index in [0.29, 0.717) is 28.8 Å². The molecule has 0 saturated heterocycles. The Morgan fingerprint density at radius 3 is 1.55 bits per heavy atom. The first-order valence-corrected chi connectivity index (χ1v) is 13.8. The maximum Gasteiger partial charge on any atom is 0.223 e. The lowest BCUT2D eigenvalue weighted by Gasteiger charge is -2.50. The molecule has 0 heterocycles. The van der Waals surface area contributed by atoms with E-state index in [0.717, 1.165) is 24.7 Å². The third-order valence-electron chi connectivity index (χ3n) is 8.05.